The molecule has 0 fully saturated rings. The lowest BCUT2D eigenvalue weighted by Gasteiger charge is -2.16. The minimum atomic E-state index is -0.152. The van der Waals surface area contributed by atoms with E-state index in [1.807, 2.05) is 13.0 Å². The van der Waals surface area contributed by atoms with Crippen molar-refractivity contribution in [3.63, 3.8) is 0 Å². The summed E-state index contributed by atoms with van der Waals surface area (Å²) >= 11 is 5.88. The van der Waals surface area contributed by atoms with Crippen molar-refractivity contribution in [2.45, 2.75) is 13.0 Å². The Kier molecular flexibility index (Phi) is 4.02. The predicted molar refractivity (Wildman–Crippen MR) is 78.0 cm³/mol. The number of phenolic OH excluding ortho intramolecular Hbond substituents is 2. The van der Waals surface area contributed by atoms with Crippen LogP contribution >= 0.6 is 11.6 Å². The van der Waals surface area contributed by atoms with Crippen LogP contribution in [0.15, 0.2) is 36.4 Å². The highest BCUT2D eigenvalue weighted by Gasteiger charge is 2.09. The van der Waals surface area contributed by atoms with Gasteiger partial charge in [-0.25, -0.2) is 0 Å². The molecule has 5 heteroatoms. The highest BCUT2D eigenvalue weighted by Crippen LogP contribution is 2.28. The highest BCUT2D eigenvalue weighted by molar-refractivity contribution is 6.31. The van der Waals surface area contributed by atoms with E-state index in [1.165, 1.54) is 6.07 Å². The molecule has 1 atom stereocenters. The summed E-state index contributed by atoms with van der Waals surface area (Å²) in [5.41, 5.74) is 1.86. The number of rotatable bonds is 3. The van der Waals surface area contributed by atoms with Crippen molar-refractivity contribution in [3.05, 3.63) is 52.5 Å². The Bertz CT molecular complexity index is 660. The van der Waals surface area contributed by atoms with Crippen LogP contribution in [0.4, 0.5) is 5.69 Å². The molecule has 0 aromatic heterocycles. The Morgan fingerprint density at radius 3 is 2.40 bits per heavy atom. The summed E-state index contributed by atoms with van der Waals surface area (Å²) in [5.74, 6) is 0.00457. The van der Waals surface area contributed by atoms with Gasteiger partial charge in [0.15, 0.2) is 0 Å². The summed E-state index contributed by atoms with van der Waals surface area (Å²) in [6.07, 6.45) is 0. The summed E-state index contributed by atoms with van der Waals surface area (Å²) in [4.78, 5) is 0. The monoisotopic (exact) mass is 288 g/mol. The molecule has 0 aliphatic heterocycles. The number of halogens is 1. The molecule has 0 spiro atoms. The topological polar surface area (TPSA) is 76.3 Å². The number of nitriles is 1. The van der Waals surface area contributed by atoms with Crippen molar-refractivity contribution < 1.29 is 10.2 Å². The number of hydrogen-bond acceptors (Lipinski definition) is 4. The van der Waals surface area contributed by atoms with E-state index >= 15 is 0 Å². The van der Waals surface area contributed by atoms with Gasteiger partial charge in [0.1, 0.15) is 17.6 Å². The van der Waals surface area contributed by atoms with E-state index in [1.54, 1.807) is 30.3 Å². The number of nitrogens with zero attached hydrogens (tertiary/aromatic N) is 1. The summed E-state index contributed by atoms with van der Waals surface area (Å²) < 4.78 is 0. The van der Waals surface area contributed by atoms with E-state index in [0.29, 0.717) is 10.6 Å². The van der Waals surface area contributed by atoms with E-state index in [0.717, 1.165) is 11.3 Å². The van der Waals surface area contributed by atoms with Gasteiger partial charge >= 0.3 is 0 Å². The molecule has 0 amide bonds. The van der Waals surface area contributed by atoms with Gasteiger partial charge in [0.25, 0.3) is 0 Å². The molecule has 2 rings (SSSR count). The van der Waals surface area contributed by atoms with Crippen molar-refractivity contribution in [1.82, 2.24) is 0 Å². The van der Waals surface area contributed by atoms with Crippen LogP contribution in [0.5, 0.6) is 11.5 Å². The maximum atomic E-state index is 9.48. The van der Waals surface area contributed by atoms with Gasteiger partial charge < -0.3 is 15.5 Å². The van der Waals surface area contributed by atoms with Crippen LogP contribution in [0.2, 0.25) is 5.02 Å². The van der Waals surface area contributed by atoms with Crippen molar-refractivity contribution >= 4 is 17.3 Å². The van der Waals surface area contributed by atoms with Gasteiger partial charge in [0.05, 0.1) is 10.6 Å². The number of benzene rings is 2. The van der Waals surface area contributed by atoms with Crippen LogP contribution in [0.3, 0.4) is 0 Å². The second-order valence-corrected chi connectivity index (χ2v) is 4.86. The number of anilines is 1. The van der Waals surface area contributed by atoms with Crippen LogP contribution in [-0.4, -0.2) is 10.2 Å². The maximum Gasteiger partial charge on any atom is 0.119 e. The third-order valence-corrected chi connectivity index (χ3v) is 3.22. The Morgan fingerprint density at radius 1 is 1.15 bits per heavy atom. The lowest BCUT2D eigenvalue weighted by Crippen LogP contribution is -2.06. The standard InChI is InChI=1S/C15H13ClN2O2/c1-9(10-5-13(19)7-14(20)6-10)18-12-2-3-15(16)11(4-12)8-17/h2-7,9,18-20H,1H3. The first-order chi connectivity index (χ1) is 9.49. The van der Waals surface area contributed by atoms with Crippen molar-refractivity contribution in [1.29, 1.82) is 5.26 Å². The van der Waals surface area contributed by atoms with Gasteiger partial charge in [0.2, 0.25) is 0 Å². The molecule has 20 heavy (non-hydrogen) atoms. The molecule has 4 nitrogen and oxygen atoms in total. The zero-order valence-corrected chi connectivity index (χ0v) is 11.5. The smallest absolute Gasteiger partial charge is 0.119 e. The van der Waals surface area contributed by atoms with Gasteiger partial charge in [-0.1, -0.05) is 11.6 Å². The molecular weight excluding hydrogens is 276 g/mol. The average molecular weight is 289 g/mol. The fourth-order valence-corrected chi connectivity index (χ4v) is 2.06. The summed E-state index contributed by atoms with van der Waals surface area (Å²) in [7, 11) is 0. The first-order valence-corrected chi connectivity index (χ1v) is 6.36. The molecule has 0 radical (unpaired) electrons. The highest BCUT2D eigenvalue weighted by atomic mass is 35.5. The number of nitrogens with one attached hydrogen (secondary N) is 1. The molecular formula is C15H13ClN2O2. The second-order valence-electron chi connectivity index (χ2n) is 4.46. The van der Waals surface area contributed by atoms with E-state index in [-0.39, 0.29) is 17.5 Å². The second kappa shape index (κ2) is 5.72. The summed E-state index contributed by atoms with van der Waals surface area (Å²) in [6.45, 7) is 1.88. The minimum absolute atomic E-state index is 0.00229. The van der Waals surface area contributed by atoms with Crippen LogP contribution in [0.1, 0.15) is 24.1 Å². The van der Waals surface area contributed by atoms with Crippen molar-refractivity contribution in [2.75, 3.05) is 5.32 Å². The molecule has 0 saturated carbocycles. The van der Waals surface area contributed by atoms with Gasteiger partial charge in [0, 0.05) is 17.8 Å². The van der Waals surface area contributed by atoms with Crippen LogP contribution in [-0.2, 0) is 0 Å². The zero-order chi connectivity index (χ0) is 14.7. The first kappa shape index (κ1) is 14.0. The number of hydrogen-bond donors (Lipinski definition) is 3. The van der Waals surface area contributed by atoms with E-state index in [2.05, 4.69) is 5.32 Å². The van der Waals surface area contributed by atoms with E-state index in [9.17, 15) is 10.2 Å². The average Bonchev–Trinajstić information content (AvgIpc) is 2.39. The molecule has 0 bridgehead atoms. The molecule has 3 N–H and O–H groups in total. The molecule has 2 aromatic carbocycles. The SMILES string of the molecule is CC(Nc1ccc(Cl)c(C#N)c1)c1cc(O)cc(O)c1. The molecule has 0 aliphatic carbocycles. The Labute approximate surface area is 121 Å². The lowest BCUT2D eigenvalue weighted by atomic mass is 10.1. The van der Waals surface area contributed by atoms with Crippen molar-refractivity contribution in [2.24, 2.45) is 0 Å². The van der Waals surface area contributed by atoms with Crippen LogP contribution < -0.4 is 5.32 Å². The van der Waals surface area contributed by atoms with Gasteiger partial charge in [-0.3, -0.25) is 0 Å². The molecule has 102 valence electrons. The van der Waals surface area contributed by atoms with Gasteiger partial charge in [-0.05, 0) is 42.8 Å². The number of phenols is 2. The first-order valence-electron chi connectivity index (χ1n) is 5.98. The predicted octanol–water partition coefficient (Wildman–Crippen LogP) is 3.80. The van der Waals surface area contributed by atoms with Gasteiger partial charge in [-0.2, -0.15) is 5.26 Å². The zero-order valence-electron chi connectivity index (χ0n) is 10.8. The normalized spacial score (nSPS) is 11.7. The molecule has 0 aliphatic rings. The van der Waals surface area contributed by atoms with Gasteiger partial charge in [-0.15, -0.1) is 0 Å². The van der Waals surface area contributed by atoms with Crippen LogP contribution in [0, 0.1) is 11.3 Å². The fraction of sp³-hybridized carbons (Fsp3) is 0.133. The maximum absolute atomic E-state index is 9.48. The third-order valence-electron chi connectivity index (χ3n) is 2.89. The molecule has 0 heterocycles. The minimum Gasteiger partial charge on any atom is -0.508 e. The molecule has 0 saturated heterocycles. The fourth-order valence-electron chi connectivity index (χ4n) is 1.90. The number of aromatic hydroxyl groups is 2. The molecule has 2 aromatic rings. The Hall–Kier alpha value is -2.38. The lowest BCUT2D eigenvalue weighted by molar-refractivity contribution is 0.448. The van der Waals surface area contributed by atoms with Crippen molar-refractivity contribution in [3.8, 4) is 17.6 Å². The Morgan fingerprint density at radius 2 is 1.80 bits per heavy atom. The third kappa shape index (κ3) is 3.14. The van der Waals surface area contributed by atoms with E-state index in [4.69, 9.17) is 16.9 Å². The molecule has 1 unspecified atom stereocenters. The summed E-state index contributed by atoms with van der Waals surface area (Å²) in [6, 6.07) is 11.3. The largest absolute Gasteiger partial charge is 0.508 e. The quantitative estimate of drug-likeness (QED) is 0.803. The van der Waals surface area contributed by atoms with Crippen LogP contribution in [0.25, 0.3) is 0 Å². The Balaban J connectivity index is 2.23. The van der Waals surface area contributed by atoms with E-state index < -0.39 is 0 Å². The summed E-state index contributed by atoms with van der Waals surface area (Å²) in [5, 5.41) is 31.5.